The van der Waals surface area contributed by atoms with Crippen LogP contribution in [0.5, 0.6) is 0 Å². The van der Waals surface area contributed by atoms with Gasteiger partial charge in [0, 0.05) is 31.7 Å². The third-order valence-electron chi connectivity index (χ3n) is 15.8. The number of carbonyl (C=O) groups excluding carboxylic acids is 1. The summed E-state index contributed by atoms with van der Waals surface area (Å²) in [5, 5.41) is 11.2. The first-order valence-electron chi connectivity index (χ1n) is 19.3. The average molecular weight is 660 g/mol. The van der Waals surface area contributed by atoms with E-state index in [2.05, 4.69) is 41.5 Å². The molecule has 0 radical (unpaired) electrons. The Morgan fingerprint density at radius 1 is 0.979 bits per heavy atom. The van der Waals surface area contributed by atoms with E-state index < -0.39 is 5.60 Å². The second kappa shape index (κ2) is 11.8. The molecule has 8 heteroatoms. The van der Waals surface area contributed by atoms with Crippen molar-refractivity contribution in [3.8, 4) is 0 Å². The molecular formula is C39H65NO7. The van der Waals surface area contributed by atoms with E-state index in [9.17, 15) is 9.90 Å². The molecule has 47 heavy (non-hydrogen) atoms. The summed E-state index contributed by atoms with van der Waals surface area (Å²) in [6.07, 6.45) is 7.33. The molecule has 0 aromatic heterocycles. The summed E-state index contributed by atoms with van der Waals surface area (Å²) in [5.74, 6) is 3.20. The molecule has 7 aliphatic rings. The summed E-state index contributed by atoms with van der Waals surface area (Å²) >= 11 is 0. The maximum absolute atomic E-state index is 13.3. The topological polar surface area (TPSA) is 86.7 Å². The van der Waals surface area contributed by atoms with Gasteiger partial charge in [-0.3, -0.25) is 0 Å². The third-order valence-corrected chi connectivity index (χ3v) is 15.8. The van der Waals surface area contributed by atoms with Crippen molar-refractivity contribution < 1.29 is 33.6 Å². The standard InChI is InChI=1S/C39H65NO7/c1-10-44-31-30-25-12-13-27-35(5,6)28(47-34(41)40-18-20-43-21-19-40)14-15-39(27)24(4)38(25,39)17-16-37(30,9)29-23(3)22-26(46-32(29)31)33(45-11-2)36(7,8)42/h23-33,42H,10-22H2,1-9H3. The van der Waals surface area contributed by atoms with E-state index in [0.717, 1.165) is 19.3 Å². The zero-order valence-electron chi connectivity index (χ0n) is 30.9. The van der Waals surface area contributed by atoms with Gasteiger partial charge in [0.1, 0.15) is 12.2 Å². The van der Waals surface area contributed by atoms with Gasteiger partial charge in [-0.25, -0.2) is 4.79 Å². The lowest BCUT2D eigenvalue weighted by Gasteiger charge is -2.60. The van der Waals surface area contributed by atoms with Gasteiger partial charge in [-0.15, -0.1) is 0 Å². The smallest absolute Gasteiger partial charge is 0.410 e. The number of ether oxygens (including phenoxy) is 5. The highest BCUT2D eigenvalue weighted by Gasteiger charge is 2.86. The minimum Gasteiger partial charge on any atom is -0.446 e. The molecule has 7 rings (SSSR count). The van der Waals surface area contributed by atoms with Crippen molar-refractivity contribution >= 4 is 6.09 Å². The van der Waals surface area contributed by atoms with E-state index in [1.807, 2.05) is 25.7 Å². The Morgan fingerprint density at radius 3 is 2.36 bits per heavy atom. The number of nitrogens with zero attached hydrogens (tertiary/aromatic N) is 1. The molecule has 0 bridgehead atoms. The largest absolute Gasteiger partial charge is 0.446 e. The van der Waals surface area contributed by atoms with Crippen LogP contribution in [-0.2, 0) is 23.7 Å². The molecule has 1 N–H and O–H groups in total. The normalized spacial score (nSPS) is 49.1. The van der Waals surface area contributed by atoms with Gasteiger partial charge in [0.2, 0.25) is 0 Å². The van der Waals surface area contributed by atoms with Crippen molar-refractivity contribution in [2.75, 3.05) is 39.5 Å². The fourth-order valence-corrected chi connectivity index (χ4v) is 14.3. The van der Waals surface area contributed by atoms with Crippen molar-refractivity contribution in [3.63, 3.8) is 0 Å². The van der Waals surface area contributed by atoms with E-state index >= 15 is 0 Å². The molecule has 5 saturated carbocycles. The Hall–Kier alpha value is -0.930. The van der Waals surface area contributed by atoms with E-state index in [1.54, 1.807) is 0 Å². The maximum atomic E-state index is 13.3. The van der Waals surface area contributed by atoms with E-state index in [4.69, 9.17) is 23.7 Å². The summed E-state index contributed by atoms with van der Waals surface area (Å²) in [4.78, 5) is 15.1. The van der Waals surface area contributed by atoms with Crippen molar-refractivity contribution in [2.45, 2.75) is 143 Å². The van der Waals surface area contributed by atoms with Gasteiger partial charge in [-0.1, -0.05) is 34.6 Å². The minimum absolute atomic E-state index is 0.0219. The Morgan fingerprint density at radius 2 is 1.70 bits per heavy atom. The first kappa shape index (κ1) is 34.5. The van der Waals surface area contributed by atoms with E-state index in [0.29, 0.717) is 85.9 Å². The Bertz CT molecular complexity index is 1180. The quantitative estimate of drug-likeness (QED) is 0.325. The number of aliphatic hydroxyl groups is 1. The third kappa shape index (κ3) is 4.79. The molecule has 14 unspecified atom stereocenters. The van der Waals surface area contributed by atoms with Crippen LogP contribution < -0.4 is 0 Å². The van der Waals surface area contributed by atoms with Crippen LogP contribution in [0.25, 0.3) is 0 Å². The van der Waals surface area contributed by atoms with Crippen LogP contribution in [0.1, 0.15) is 107 Å². The van der Waals surface area contributed by atoms with Crippen molar-refractivity contribution in [1.82, 2.24) is 4.90 Å². The predicted molar refractivity (Wildman–Crippen MR) is 180 cm³/mol. The Labute approximate surface area is 284 Å². The Kier molecular flexibility index (Phi) is 8.68. The highest BCUT2D eigenvalue weighted by molar-refractivity contribution is 5.68. The van der Waals surface area contributed by atoms with Gasteiger partial charge in [-0.05, 0) is 124 Å². The summed E-state index contributed by atoms with van der Waals surface area (Å²) in [5.41, 5.74) is -0.254. The van der Waals surface area contributed by atoms with Crippen LogP contribution in [0.2, 0.25) is 0 Å². The number of carbonyl (C=O) groups is 1. The van der Waals surface area contributed by atoms with Gasteiger partial charge < -0.3 is 33.7 Å². The lowest BCUT2D eigenvalue weighted by atomic mass is 9.45. The lowest BCUT2D eigenvalue weighted by Crippen LogP contribution is -2.56. The van der Waals surface area contributed by atoms with Crippen LogP contribution >= 0.6 is 0 Å². The molecule has 0 aromatic carbocycles. The van der Waals surface area contributed by atoms with E-state index in [-0.39, 0.29) is 47.4 Å². The maximum Gasteiger partial charge on any atom is 0.410 e. The van der Waals surface area contributed by atoms with E-state index in [1.165, 1.54) is 25.7 Å². The fourth-order valence-electron chi connectivity index (χ4n) is 14.3. The summed E-state index contributed by atoms with van der Waals surface area (Å²) in [6.45, 7) is 24.0. The second-order valence-electron chi connectivity index (χ2n) is 18.2. The molecule has 0 aromatic rings. The molecule has 14 atom stereocenters. The molecule has 2 heterocycles. The zero-order chi connectivity index (χ0) is 33.7. The summed E-state index contributed by atoms with van der Waals surface area (Å²) < 4.78 is 32.1. The molecule has 2 saturated heterocycles. The highest BCUT2D eigenvalue weighted by Crippen LogP contribution is 2.90. The van der Waals surface area contributed by atoms with Crippen LogP contribution in [0.4, 0.5) is 4.79 Å². The fraction of sp³-hybridized carbons (Fsp3) is 0.974. The lowest BCUT2D eigenvalue weighted by molar-refractivity contribution is -0.218. The SMILES string of the molecule is CCOC1C2OC(C(OCC)C(C)(C)O)CC(C)C2C2(C)CCC34C(CCC5C(C)(C)C(OC(=O)N6CCOCC6)CCC53C4C)C12. The summed E-state index contributed by atoms with van der Waals surface area (Å²) in [6, 6.07) is 0. The minimum atomic E-state index is -0.982. The van der Waals surface area contributed by atoms with Gasteiger partial charge >= 0.3 is 6.09 Å². The number of rotatable bonds is 7. The van der Waals surface area contributed by atoms with Gasteiger partial charge in [-0.2, -0.15) is 0 Å². The highest BCUT2D eigenvalue weighted by atomic mass is 16.6. The molecule has 2 aliphatic heterocycles. The van der Waals surface area contributed by atoms with Crippen LogP contribution in [0, 0.1) is 57.2 Å². The number of morpholine rings is 1. The Balaban J connectivity index is 1.17. The van der Waals surface area contributed by atoms with Gasteiger partial charge in [0.25, 0.3) is 0 Å². The van der Waals surface area contributed by atoms with Crippen molar-refractivity contribution in [1.29, 1.82) is 0 Å². The van der Waals surface area contributed by atoms with Crippen molar-refractivity contribution in [3.05, 3.63) is 0 Å². The van der Waals surface area contributed by atoms with Crippen LogP contribution in [-0.4, -0.2) is 91.7 Å². The molecule has 2 spiro atoms. The molecule has 7 fully saturated rings. The molecule has 268 valence electrons. The first-order valence-corrected chi connectivity index (χ1v) is 19.3. The molecule has 5 aliphatic carbocycles. The molecule has 8 nitrogen and oxygen atoms in total. The number of hydrogen-bond acceptors (Lipinski definition) is 7. The summed E-state index contributed by atoms with van der Waals surface area (Å²) in [7, 11) is 0. The number of hydrogen-bond donors (Lipinski definition) is 1. The molecular weight excluding hydrogens is 594 g/mol. The molecule has 1 amide bonds. The zero-order valence-corrected chi connectivity index (χ0v) is 30.9. The first-order chi connectivity index (χ1) is 22.2. The van der Waals surface area contributed by atoms with Gasteiger partial charge in [0.05, 0.1) is 37.1 Å². The van der Waals surface area contributed by atoms with Crippen LogP contribution in [0.15, 0.2) is 0 Å². The average Bonchev–Trinajstić information content (AvgIpc) is 3.44. The number of amides is 1. The van der Waals surface area contributed by atoms with Gasteiger partial charge in [0.15, 0.2) is 0 Å². The second-order valence-corrected chi connectivity index (χ2v) is 18.2. The number of fused-ring (bicyclic) bond motifs is 4. The van der Waals surface area contributed by atoms with Crippen LogP contribution in [0.3, 0.4) is 0 Å². The monoisotopic (exact) mass is 659 g/mol. The predicted octanol–water partition coefficient (Wildman–Crippen LogP) is 6.71. The van der Waals surface area contributed by atoms with Crippen molar-refractivity contribution in [2.24, 2.45) is 57.2 Å².